The Kier molecular flexibility index (Phi) is 5.89. The number of ether oxygens (including phenoxy) is 1. The second-order valence-corrected chi connectivity index (χ2v) is 9.77. The van der Waals surface area contributed by atoms with Crippen LogP contribution in [0.25, 0.3) is 0 Å². The number of nitrogens with one attached hydrogen (secondary N) is 1. The molecule has 1 unspecified atom stereocenters. The fourth-order valence-corrected chi connectivity index (χ4v) is 5.90. The van der Waals surface area contributed by atoms with Crippen molar-refractivity contribution in [3.8, 4) is 5.75 Å². The molecule has 1 aromatic carbocycles. The third-order valence-corrected chi connectivity index (χ3v) is 7.59. The molecule has 1 heterocycles. The first-order chi connectivity index (χ1) is 12.3. The molecular weight excluding hydrogens is 355 g/mol. The molecule has 0 amide bonds. The van der Waals surface area contributed by atoms with Gasteiger partial charge in [0.1, 0.15) is 0 Å². The van der Waals surface area contributed by atoms with E-state index in [1.165, 1.54) is 7.11 Å². The number of rotatable bonds is 6. The van der Waals surface area contributed by atoms with Gasteiger partial charge in [-0.25, -0.2) is 17.1 Å². The average Bonchev–Trinajstić information content (AvgIpc) is 2.98. The van der Waals surface area contributed by atoms with E-state index in [4.69, 9.17) is 4.74 Å². The van der Waals surface area contributed by atoms with Crippen LogP contribution in [0.15, 0.2) is 12.1 Å². The van der Waals surface area contributed by atoms with Crippen molar-refractivity contribution in [3.63, 3.8) is 0 Å². The van der Waals surface area contributed by atoms with E-state index >= 15 is 0 Å². The predicted molar refractivity (Wildman–Crippen MR) is 100 cm³/mol. The molecule has 3 rings (SSSR count). The van der Waals surface area contributed by atoms with Gasteiger partial charge in [0.15, 0.2) is 11.6 Å². The first kappa shape index (κ1) is 19.6. The molecule has 146 valence electrons. The molecule has 0 aromatic heterocycles. The van der Waals surface area contributed by atoms with Crippen LogP contribution in [-0.2, 0) is 16.4 Å². The van der Waals surface area contributed by atoms with Crippen LogP contribution in [0.3, 0.4) is 0 Å². The van der Waals surface area contributed by atoms with Crippen molar-refractivity contribution >= 4 is 10.0 Å². The first-order valence-electron chi connectivity index (χ1n) is 9.41. The predicted octanol–water partition coefficient (Wildman–Crippen LogP) is 2.86. The topological polar surface area (TPSA) is 58.6 Å². The van der Waals surface area contributed by atoms with Gasteiger partial charge in [0.05, 0.1) is 12.9 Å². The highest BCUT2D eigenvalue weighted by molar-refractivity contribution is 7.89. The number of halogens is 1. The maximum absolute atomic E-state index is 14.4. The molecule has 0 saturated carbocycles. The Morgan fingerprint density at radius 3 is 2.58 bits per heavy atom. The van der Waals surface area contributed by atoms with Gasteiger partial charge >= 0.3 is 0 Å². The van der Waals surface area contributed by atoms with E-state index in [9.17, 15) is 12.8 Å². The molecule has 0 radical (unpaired) electrons. The standard InChI is InChI=1S/C19H29FN2O3S/c1-13(2)12-26(23,24)22-10-8-14(9-11-22)21-17-6-4-16-15(17)5-7-18(25-3)19(16)20/h5,7,13-14,17,21H,4,6,8-12H2,1-3H3. The summed E-state index contributed by atoms with van der Waals surface area (Å²) in [5.74, 6) is 0.400. The smallest absolute Gasteiger partial charge is 0.214 e. The monoisotopic (exact) mass is 384 g/mol. The Balaban J connectivity index is 1.60. The Morgan fingerprint density at radius 2 is 1.96 bits per heavy atom. The highest BCUT2D eigenvalue weighted by Gasteiger charge is 2.32. The Bertz CT molecular complexity index is 743. The minimum atomic E-state index is -3.15. The van der Waals surface area contributed by atoms with Crippen LogP contribution in [0.1, 0.15) is 50.3 Å². The van der Waals surface area contributed by atoms with Gasteiger partial charge in [-0.05, 0) is 48.8 Å². The number of benzene rings is 1. The van der Waals surface area contributed by atoms with Crippen molar-refractivity contribution in [3.05, 3.63) is 29.1 Å². The summed E-state index contributed by atoms with van der Waals surface area (Å²) in [6.07, 6.45) is 3.16. The zero-order chi connectivity index (χ0) is 18.9. The summed E-state index contributed by atoms with van der Waals surface area (Å²) in [7, 11) is -1.67. The van der Waals surface area contributed by atoms with E-state index in [2.05, 4.69) is 5.32 Å². The van der Waals surface area contributed by atoms with Crippen molar-refractivity contribution in [2.75, 3.05) is 26.0 Å². The van der Waals surface area contributed by atoms with E-state index in [1.54, 1.807) is 10.4 Å². The lowest BCUT2D eigenvalue weighted by Gasteiger charge is -2.33. The lowest BCUT2D eigenvalue weighted by atomic mass is 10.0. The minimum Gasteiger partial charge on any atom is -0.494 e. The lowest BCUT2D eigenvalue weighted by molar-refractivity contribution is 0.272. The highest BCUT2D eigenvalue weighted by Crippen LogP contribution is 2.37. The molecule has 5 nitrogen and oxygen atoms in total. The number of methoxy groups -OCH3 is 1. The third-order valence-electron chi connectivity index (χ3n) is 5.35. The SMILES string of the molecule is COc1ccc2c(c1F)CCC2NC1CCN(S(=O)(=O)CC(C)C)CC1. The van der Waals surface area contributed by atoms with E-state index < -0.39 is 10.0 Å². The van der Waals surface area contributed by atoms with Crippen LogP contribution < -0.4 is 10.1 Å². The summed E-state index contributed by atoms with van der Waals surface area (Å²) >= 11 is 0. The van der Waals surface area contributed by atoms with Gasteiger partial charge in [0.2, 0.25) is 10.0 Å². The molecule has 1 aliphatic carbocycles. The van der Waals surface area contributed by atoms with E-state index in [1.807, 2.05) is 19.9 Å². The summed E-state index contributed by atoms with van der Waals surface area (Å²) in [6.45, 7) is 4.97. The van der Waals surface area contributed by atoms with Gasteiger partial charge < -0.3 is 10.1 Å². The molecule has 1 fully saturated rings. The van der Waals surface area contributed by atoms with E-state index in [-0.39, 0.29) is 29.6 Å². The Hall–Kier alpha value is -1.18. The number of fused-ring (bicyclic) bond motifs is 1. The fraction of sp³-hybridized carbons (Fsp3) is 0.684. The average molecular weight is 385 g/mol. The van der Waals surface area contributed by atoms with Crippen molar-refractivity contribution in [2.45, 2.75) is 51.6 Å². The van der Waals surface area contributed by atoms with Crippen molar-refractivity contribution in [1.29, 1.82) is 0 Å². The van der Waals surface area contributed by atoms with Crippen molar-refractivity contribution in [2.24, 2.45) is 5.92 Å². The maximum atomic E-state index is 14.4. The maximum Gasteiger partial charge on any atom is 0.214 e. The van der Waals surface area contributed by atoms with Gasteiger partial charge in [0, 0.05) is 25.2 Å². The van der Waals surface area contributed by atoms with Crippen LogP contribution in [0.2, 0.25) is 0 Å². The molecule has 1 N–H and O–H groups in total. The second kappa shape index (κ2) is 7.82. The van der Waals surface area contributed by atoms with E-state index in [0.29, 0.717) is 25.3 Å². The second-order valence-electron chi connectivity index (χ2n) is 7.75. The molecule has 1 aromatic rings. The summed E-state index contributed by atoms with van der Waals surface area (Å²) in [4.78, 5) is 0. The number of hydrogen-bond donors (Lipinski definition) is 1. The Labute approximate surface area is 156 Å². The Morgan fingerprint density at radius 1 is 1.27 bits per heavy atom. The first-order valence-corrected chi connectivity index (χ1v) is 11.0. The zero-order valence-electron chi connectivity index (χ0n) is 15.8. The minimum absolute atomic E-state index is 0.134. The van der Waals surface area contributed by atoms with Gasteiger partial charge in [-0.15, -0.1) is 0 Å². The van der Waals surface area contributed by atoms with Crippen molar-refractivity contribution < 1.29 is 17.5 Å². The number of piperidine rings is 1. The molecule has 1 atom stereocenters. The molecule has 7 heteroatoms. The van der Waals surface area contributed by atoms with Crippen LogP contribution in [0.4, 0.5) is 4.39 Å². The van der Waals surface area contributed by atoms with E-state index in [0.717, 1.165) is 30.4 Å². The molecule has 1 saturated heterocycles. The number of hydrogen-bond acceptors (Lipinski definition) is 4. The van der Waals surface area contributed by atoms with Crippen LogP contribution in [0.5, 0.6) is 5.75 Å². The normalized spacial score (nSPS) is 22.0. The molecule has 26 heavy (non-hydrogen) atoms. The largest absolute Gasteiger partial charge is 0.494 e. The van der Waals surface area contributed by atoms with Crippen LogP contribution in [-0.4, -0.2) is 44.7 Å². The molecular formula is C19H29FN2O3S. The molecule has 2 aliphatic rings. The number of sulfonamides is 1. The fourth-order valence-electron chi connectivity index (χ4n) is 4.08. The van der Waals surface area contributed by atoms with Gasteiger partial charge in [-0.1, -0.05) is 19.9 Å². The lowest BCUT2D eigenvalue weighted by Crippen LogP contribution is -2.46. The summed E-state index contributed by atoms with van der Waals surface area (Å²) in [5.41, 5.74) is 1.76. The molecule has 1 aliphatic heterocycles. The summed E-state index contributed by atoms with van der Waals surface area (Å²) < 4.78 is 45.8. The van der Waals surface area contributed by atoms with Crippen LogP contribution in [0, 0.1) is 11.7 Å². The van der Waals surface area contributed by atoms with Crippen molar-refractivity contribution in [1.82, 2.24) is 9.62 Å². The van der Waals surface area contributed by atoms with Gasteiger partial charge in [-0.3, -0.25) is 0 Å². The zero-order valence-corrected chi connectivity index (χ0v) is 16.6. The van der Waals surface area contributed by atoms with Crippen LogP contribution >= 0.6 is 0 Å². The summed E-state index contributed by atoms with van der Waals surface area (Å²) in [5, 5.41) is 3.62. The number of nitrogens with zero attached hydrogens (tertiary/aromatic N) is 1. The van der Waals surface area contributed by atoms with Gasteiger partial charge in [0.25, 0.3) is 0 Å². The quantitative estimate of drug-likeness (QED) is 0.819. The molecule has 0 spiro atoms. The third kappa shape index (κ3) is 4.05. The molecule has 0 bridgehead atoms. The summed E-state index contributed by atoms with van der Waals surface area (Å²) in [6, 6.07) is 4.04. The van der Waals surface area contributed by atoms with Gasteiger partial charge in [-0.2, -0.15) is 0 Å². The highest BCUT2D eigenvalue weighted by atomic mass is 32.2.